The molecule has 3 aliphatic carbocycles. The third kappa shape index (κ3) is 31.2. The van der Waals surface area contributed by atoms with Gasteiger partial charge in [0.15, 0.2) is 5.75 Å². The number of rotatable bonds is 44. The number of hydrogen-bond donors (Lipinski definition) is 6. The van der Waals surface area contributed by atoms with Crippen LogP contribution in [0, 0.1) is 35.5 Å². The second kappa shape index (κ2) is 55.4. The second-order valence-corrected chi connectivity index (χ2v) is 37.7. The van der Waals surface area contributed by atoms with Crippen LogP contribution in [-0.2, 0) is 51.1 Å². The van der Waals surface area contributed by atoms with Gasteiger partial charge in [0.2, 0.25) is 0 Å². The number of benzene rings is 5. The molecule has 3 heterocycles. The summed E-state index contributed by atoms with van der Waals surface area (Å²) in [6.07, 6.45) is 28.6. The minimum absolute atomic E-state index is 0.00706. The number of nitrogens with two attached hydrogens (primary N) is 2. The van der Waals surface area contributed by atoms with E-state index in [4.69, 9.17) is 54.1 Å². The van der Waals surface area contributed by atoms with E-state index in [1.165, 1.54) is 90.6 Å². The maximum Gasteiger partial charge on any atom is 0.407 e. The van der Waals surface area contributed by atoms with E-state index in [2.05, 4.69) is 67.5 Å². The van der Waals surface area contributed by atoms with E-state index in [0.717, 1.165) is 131 Å². The predicted octanol–water partition coefficient (Wildman–Crippen LogP) is 16.7. The molecule has 8 aromatic rings. The van der Waals surface area contributed by atoms with Crippen LogP contribution in [0.5, 0.6) is 5.75 Å². The van der Waals surface area contributed by atoms with Crippen LogP contribution >= 0.6 is 0 Å². The summed E-state index contributed by atoms with van der Waals surface area (Å²) >= 11 is 0. The molecule has 0 aromatic heterocycles. The minimum atomic E-state index is -0.523. The van der Waals surface area contributed by atoms with Crippen molar-refractivity contribution in [3.8, 4) is 5.75 Å². The molecule has 133 heavy (non-hydrogen) atoms. The van der Waals surface area contributed by atoms with Gasteiger partial charge in [0.05, 0.1) is 25.4 Å². The molecule has 6 aliphatic rings. The van der Waals surface area contributed by atoms with E-state index < -0.39 is 39.3 Å². The van der Waals surface area contributed by atoms with Crippen LogP contribution in [0.25, 0.3) is 0 Å². The van der Waals surface area contributed by atoms with Gasteiger partial charge in [0.25, 0.3) is 32.6 Å². The van der Waals surface area contributed by atoms with Gasteiger partial charge < -0.3 is 90.1 Å². The van der Waals surface area contributed by atoms with Gasteiger partial charge in [-0.25, -0.2) is 9.59 Å². The van der Waals surface area contributed by atoms with Crippen molar-refractivity contribution >= 4 is 40.6 Å². The number of carbonyl (C=O) groups excluding carboxylic acids is 2. The zero-order valence-corrected chi connectivity index (χ0v) is 80.0. The largest absolute Gasteiger partial charge is 0.491 e. The highest BCUT2D eigenvalue weighted by Gasteiger charge is 2.40. The first kappa shape index (κ1) is 104. The molecule has 3 saturated carbocycles. The highest BCUT2D eigenvalue weighted by Crippen LogP contribution is 2.41. The Bertz CT molecular complexity index is 4890. The zero-order valence-electron chi connectivity index (χ0n) is 80.0. The van der Waals surface area contributed by atoms with E-state index in [-0.39, 0.29) is 96.7 Å². The van der Waals surface area contributed by atoms with Crippen LogP contribution in [0.3, 0.4) is 0 Å². The standard InChI is InChI=1S/C38H51N3O6.C30H45N3O4.C21H27NO5.C18H28N2O2/c1-27(39-38(44)47-26-29-16-8-4-9-17-29)32(24-28-14-6-3-7-15-28)40-33-34(36(43)35(33)42)41-21-12-20-31(25-41)37(46-23-13-22-45-2)30-18-10-5-11-19-30;1-21(31)25(19-22-11-5-3-6-12-22)32-26-27(29(35)28(26)34)33-16-9-15-24(20-33)30(37-18-10-17-36-2)23-13-7-4-8-14-23;1-25-12-7-13-27-20(15-8-4-3-5-9-15)16-10-6-11-22(14-16)17-18(23)19(24)21(17)26-2;1-14(17(19)12-15-8-4-2-5-9-15)20-18(21)22-13-16-10-6-3-7-11-16/h4-5,8-11,16-19,27-28,31-32,37,40H,3,6-7,12-15,20-26H2,1-2H3,(H,39,44);4,7-8,13-14,21-22,24-25,30,32H,3,5-6,9-12,15-20,31H2,1-2H3;3-5,8-9,16,20H,6-7,10-14H2,1-2H3;3,6-7,10-11,14-15,17H,2,4-5,8-9,12-13,19H2,1H3,(H,20,21)/t27-,31?,32+,37?;21-,24?,25+,30?;;14-,17+/m11.1/s1. The van der Waals surface area contributed by atoms with Gasteiger partial charge in [-0.15, -0.1) is 0 Å². The van der Waals surface area contributed by atoms with Gasteiger partial charge in [0, 0.05) is 154 Å². The number of nitrogens with one attached hydrogen (secondary N) is 4. The minimum Gasteiger partial charge on any atom is -0.491 e. The van der Waals surface area contributed by atoms with Crippen molar-refractivity contribution in [1.82, 2.24) is 10.6 Å². The molecule has 0 radical (unpaired) electrons. The maximum absolute atomic E-state index is 13.2. The van der Waals surface area contributed by atoms with Crippen LogP contribution in [0.2, 0.25) is 0 Å². The fourth-order valence-electron chi connectivity index (χ4n) is 20.4. The topological polar surface area (TPSA) is 330 Å². The predicted molar refractivity (Wildman–Crippen MR) is 529 cm³/mol. The summed E-state index contributed by atoms with van der Waals surface area (Å²) in [6, 6.07) is 49.3. The zero-order chi connectivity index (χ0) is 94.2. The van der Waals surface area contributed by atoms with Crippen LogP contribution in [0.4, 0.5) is 38.0 Å². The molecule has 6 unspecified atom stereocenters. The first-order valence-electron chi connectivity index (χ1n) is 49.5. The van der Waals surface area contributed by atoms with Gasteiger partial charge in [-0.1, -0.05) is 248 Å². The second-order valence-electron chi connectivity index (χ2n) is 37.7. The molecule has 2 amide bonds. The monoisotopic (exact) mass is 1830 g/mol. The summed E-state index contributed by atoms with van der Waals surface area (Å²) in [5, 5.41) is 12.8. The summed E-state index contributed by atoms with van der Waals surface area (Å²) in [6.45, 7) is 14.4. The van der Waals surface area contributed by atoms with Crippen LogP contribution in [0.1, 0.15) is 240 Å². The summed E-state index contributed by atoms with van der Waals surface area (Å²) in [4.78, 5) is 106. The number of nitrogens with zero attached hydrogens (tertiary/aromatic N) is 3. The van der Waals surface area contributed by atoms with Crippen molar-refractivity contribution in [2.24, 2.45) is 47.0 Å². The molecule has 3 aliphatic heterocycles. The van der Waals surface area contributed by atoms with Crippen molar-refractivity contribution < 1.29 is 52.2 Å². The highest BCUT2D eigenvalue weighted by molar-refractivity contribution is 5.77. The first-order chi connectivity index (χ1) is 64.7. The number of amides is 2. The van der Waals surface area contributed by atoms with Crippen molar-refractivity contribution in [2.45, 2.75) is 262 Å². The number of alkyl carbamates (subject to hydrolysis) is 2. The lowest BCUT2D eigenvalue weighted by Crippen LogP contribution is -2.51. The molecule has 12 atom stereocenters. The van der Waals surface area contributed by atoms with E-state index in [0.29, 0.717) is 112 Å². The Morgan fingerprint density at radius 1 is 0.368 bits per heavy atom. The average molecular weight is 1840 g/mol. The Morgan fingerprint density at radius 3 is 1.05 bits per heavy atom. The molecule has 6 fully saturated rings. The molecule has 8 N–H and O–H groups in total. The van der Waals surface area contributed by atoms with Gasteiger partial charge in [-0.2, -0.15) is 0 Å². The number of anilines is 5. The van der Waals surface area contributed by atoms with Crippen molar-refractivity contribution in [1.29, 1.82) is 0 Å². The molecule has 26 heteroatoms. The molecule has 726 valence electrons. The Kier molecular flexibility index (Phi) is 43.3. The molecule has 0 spiro atoms. The molecule has 3 saturated heterocycles. The van der Waals surface area contributed by atoms with E-state index in [1.54, 1.807) is 21.3 Å². The van der Waals surface area contributed by atoms with Gasteiger partial charge in [-0.3, -0.25) is 28.8 Å². The molecule has 14 rings (SSSR count). The average Bonchev–Trinajstić information content (AvgIpc) is 0.759. The third-order valence-electron chi connectivity index (χ3n) is 27.8. The van der Waals surface area contributed by atoms with E-state index in [9.17, 15) is 38.4 Å². The molecular formula is C107H151N9O17. The van der Waals surface area contributed by atoms with Crippen LogP contribution in [-0.4, -0.2) is 156 Å². The number of ether oxygens (including phenoxy) is 9. The van der Waals surface area contributed by atoms with Crippen molar-refractivity contribution in [3.63, 3.8) is 0 Å². The van der Waals surface area contributed by atoms with Gasteiger partial charge in [-0.05, 0) is 143 Å². The number of methoxy groups -OCH3 is 4. The Balaban J connectivity index is 0.000000178. The molecule has 8 aromatic carbocycles. The van der Waals surface area contributed by atoms with E-state index in [1.807, 2.05) is 141 Å². The summed E-state index contributed by atoms with van der Waals surface area (Å²) in [5.41, 5.74) is 17.5. The van der Waals surface area contributed by atoms with Crippen LogP contribution < -0.4 is 84.7 Å². The van der Waals surface area contributed by atoms with E-state index >= 15 is 0 Å². The van der Waals surface area contributed by atoms with Crippen LogP contribution in [0.15, 0.2) is 180 Å². The number of carbonyl (C=O) groups is 2. The number of hydrogen-bond acceptors (Lipinski definition) is 24. The summed E-state index contributed by atoms with van der Waals surface area (Å²) in [5.74, 6) is 2.64. The quantitative estimate of drug-likeness (QED) is 0.0153. The fourth-order valence-corrected chi connectivity index (χ4v) is 20.4. The third-order valence-corrected chi connectivity index (χ3v) is 27.8. The molecule has 0 bridgehead atoms. The maximum atomic E-state index is 13.2. The smallest absolute Gasteiger partial charge is 0.407 e. The fraction of sp³-hybridized carbons (Fsp3) is 0.589. The lowest BCUT2D eigenvalue weighted by atomic mass is 9.83. The SMILES string of the molecule is COCCCOC(c1ccccc1)C1CCCN(c2c(N[C@@H](CC3CCCCC3)[C@@H](C)N)c(=O)c2=O)C1.COCCCOC(c1ccccc1)C1CCCN(c2c(N[C@@H](CC3CCCCC3)[C@@H](C)NC(=O)OCc3ccccc3)c(=O)c2=O)C1.COCCCOC(c1ccccc1)C1CCCN(c2c(OC)c(=O)c2=O)C1.C[C@@H](NC(=O)OCc1ccccc1)[C@@H](N)CC1CCCCC1. The Labute approximate surface area is 787 Å². The highest BCUT2D eigenvalue weighted by atomic mass is 16.6. The molecule has 26 nitrogen and oxygen atoms in total. The van der Waals surface area contributed by atoms with Gasteiger partial charge >= 0.3 is 12.2 Å². The normalized spacial score (nSPS) is 19.6. The molecular weight excluding hydrogens is 1680 g/mol. The van der Waals surface area contributed by atoms with Crippen molar-refractivity contribution in [3.05, 3.63) is 241 Å². The lowest BCUT2D eigenvalue weighted by Gasteiger charge is -2.40. The first-order valence-corrected chi connectivity index (χ1v) is 49.5. The summed E-state index contributed by atoms with van der Waals surface area (Å²) in [7, 11) is 6.52. The lowest BCUT2D eigenvalue weighted by molar-refractivity contribution is -0.00246. The number of piperidine rings is 3. The summed E-state index contributed by atoms with van der Waals surface area (Å²) < 4.78 is 50.5. The Morgan fingerprint density at radius 2 is 0.692 bits per heavy atom. The van der Waals surface area contributed by atoms with Crippen molar-refractivity contribution in [2.75, 3.05) is 133 Å². The van der Waals surface area contributed by atoms with Gasteiger partial charge in [0.1, 0.15) is 41.7 Å². The Hall–Kier alpha value is -9.64.